The summed E-state index contributed by atoms with van der Waals surface area (Å²) in [5.74, 6) is -1.03. The second kappa shape index (κ2) is 6.46. The molecule has 1 N–H and O–H groups in total. The number of esters is 1. The number of rotatable bonds is 4. The minimum Gasteiger partial charge on any atom is -0.502 e. The van der Waals surface area contributed by atoms with Crippen LogP contribution < -0.4 is 0 Å². The molecule has 12 heavy (non-hydrogen) atoms. The van der Waals surface area contributed by atoms with Gasteiger partial charge in [0.25, 0.3) is 0 Å². The molecule has 0 aliphatic carbocycles. The summed E-state index contributed by atoms with van der Waals surface area (Å²) in [4.78, 5) is 10.8. The van der Waals surface area contributed by atoms with Gasteiger partial charge >= 0.3 is 5.97 Å². The highest BCUT2D eigenvalue weighted by molar-refractivity contribution is 5.85. The van der Waals surface area contributed by atoms with Gasteiger partial charge < -0.3 is 9.84 Å². The Hall–Kier alpha value is -1.25. The van der Waals surface area contributed by atoms with Crippen molar-refractivity contribution in [2.24, 2.45) is 0 Å². The van der Waals surface area contributed by atoms with Crippen molar-refractivity contribution in [3.8, 4) is 0 Å². The van der Waals surface area contributed by atoms with Gasteiger partial charge in [-0.25, -0.2) is 4.79 Å². The molecule has 0 aromatic heterocycles. The van der Waals surface area contributed by atoms with E-state index in [1.165, 1.54) is 6.08 Å². The van der Waals surface area contributed by atoms with Crippen molar-refractivity contribution >= 4 is 5.97 Å². The summed E-state index contributed by atoms with van der Waals surface area (Å²) in [5, 5.41) is 9.01. The first kappa shape index (κ1) is 10.8. The van der Waals surface area contributed by atoms with Crippen LogP contribution in [0, 0.1) is 0 Å². The summed E-state index contributed by atoms with van der Waals surface area (Å²) in [7, 11) is 0. The van der Waals surface area contributed by atoms with Crippen LogP contribution in [0.25, 0.3) is 0 Å². The van der Waals surface area contributed by atoms with Crippen LogP contribution >= 0.6 is 0 Å². The monoisotopic (exact) mass is 170 g/mol. The molecular weight excluding hydrogens is 156 g/mol. The summed E-state index contributed by atoms with van der Waals surface area (Å²) >= 11 is 0. The Morgan fingerprint density at radius 3 is 2.75 bits per heavy atom. The molecule has 0 fully saturated rings. The highest BCUT2D eigenvalue weighted by Crippen LogP contribution is 1.94. The first-order chi connectivity index (χ1) is 5.72. The molecule has 0 atom stereocenters. The van der Waals surface area contributed by atoms with Crippen LogP contribution in [-0.4, -0.2) is 17.7 Å². The molecule has 0 aliphatic rings. The summed E-state index contributed by atoms with van der Waals surface area (Å²) in [6, 6.07) is 0. The number of carbonyl (C=O) groups is 1. The van der Waals surface area contributed by atoms with E-state index in [0.717, 1.165) is 6.42 Å². The average Bonchev–Trinajstić information content (AvgIpc) is 2.10. The highest BCUT2D eigenvalue weighted by Gasteiger charge is 2.05. The van der Waals surface area contributed by atoms with Crippen molar-refractivity contribution in [3.63, 3.8) is 0 Å². The molecule has 0 radical (unpaired) electrons. The standard InChI is InChI=1S/C9H14O3/c1-3-5-6-8(10)9(11)12-7-4-2/h3,5-6,10H,4,7H2,1-2H3. The Kier molecular flexibility index (Phi) is 5.79. The van der Waals surface area contributed by atoms with E-state index in [1.54, 1.807) is 19.1 Å². The van der Waals surface area contributed by atoms with E-state index in [1.807, 2.05) is 6.92 Å². The zero-order valence-electron chi connectivity index (χ0n) is 7.41. The first-order valence-corrected chi connectivity index (χ1v) is 3.91. The maximum absolute atomic E-state index is 10.8. The lowest BCUT2D eigenvalue weighted by molar-refractivity contribution is -0.142. The van der Waals surface area contributed by atoms with Crippen LogP contribution in [0.3, 0.4) is 0 Å². The van der Waals surface area contributed by atoms with Gasteiger partial charge in [-0.05, 0) is 19.4 Å². The molecule has 0 unspecified atom stereocenters. The van der Waals surface area contributed by atoms with Crippen LogP contribution in [0.1, 0.15) is 20.3 Å². The zero-order valence-corrected chi connectivity index (χ0v) is 7.41. The number of ether oxygens (including phenoxy) is 1. The molecule has 68 valence electrons. The average molecular weight is 170 g/mol. The summed E-state index contributed by atoms with van der Waals surface area (Å²) in [6.07, 6.45) is 5.34. The molecule has 0 aromatic rings. The predicted molar refractivity (Wildman–Crippen MR) is 46.8 cm³/mol. The molecule has 0 spiro atoms. The number of aliphatic hydroxyl groups is 1. The fraction of sp³-hybridized carbons (Fsp3) is 0.444. The van der Waals surface area contributed by atoms with Crippen LogP contribution in [0.5, 0.6) is 0 Å². The normalized spacial score (nSPS) is 12.0. The number of hydrogen-bond donors (Lipinski definition) is 1. The Balaban J connectivity index is 3.92. The minimum atomic E-state index is -0.671. The molecule has 0 bridgehead atoms. The summed E-state index contributed by atoms with van der Waals surface area (Å²) in [6.45, 7) is 4.02. The number of allylic oxidation sites excluding steroid dienone is 3. The van der Waals surface area contributed by atoms with Crippen molar-refractivity contribution in [1.29, 1.82) is 0 Å². The molecule has 0 heterocycles. The maximum Gasteiger partial charge on any atom is 0.373 e. The van der Waals surface area contributed by atoms with E-state index in [9.17, 15) is 4.79 Å². The molecule has 0 aromatic carbocycles. The van der Waals surface area contributed by atoms with Crippen molar-refractivity contribution < 1.29 is 14.6 Å². The topological polar surface area (TPSA) is 46.5 Å². The first-order valence-electron chi connectivity index (χ1n) is 3.91. The van der Waals surface area contributed by atoms with Gasteiger partial charge in [0.05, 0.1) is 6.61 Å². The third-order valence-electron chi connectivity index (χ3n) is 1.09. The van der Waals surface area contributed by atoms with E-state index in [2.05, 4.69) is 4.74 Å². The van der Waals surface area contributed by atoms with Gasteiger partial charge in [0.1, 0.15) is 0 Å². The Morgan fingerprint density at radius 2 is 2.25 bits per heavy atom. The van der Waals surface area contributed by atoms with Gasteiger partial charge in [-0.3, -0.25) is 0 Å². The molecule has 0 saturated heterocycles. The van der Waals surface area contributed by atoms with Crippen LogP contribution in [0.15, 0.2) is 24.0 Å². The van der Waals surface area contributed by atoms with E-state index in [-0.39, 0.29) is 5.76 Å². The summed E-state index contributed by atoms with van der Waals surface area (Å²) < 4.78 is 4.66. The van der Waals surface area contributed by atoms with Crippen molar-refractivity contribution in [2.45, 2.75) is 20.3 Å². The van der Waals surface area contributed by atoms with E-state index < -0.39 is 5.97 Å². The molecule has 3 nitrogen and oxygen atoms in total. The van der Waals surface area contributed by atoms with Gasteiger partial charge in [0.2, 0.25) is 5.76 Å². The van der Waals surface area contributed by atoms with Gasteiger partial charge in [-0.15, -0.1) is 0 Å². The number of hydrogen-bond acceptors (Lipinski definition) is 3. The van der Waals surface area contributed by atoms with Gasteiger partial charge in [-0.2, -0.15) is 0 Å². The van der Waals surface area contributed by atoms with Gasteiger partial charge in [0.15, 0.2) is 0 Å². The Morgan fingerprint density at radius 1 is 1.58 bits per heavy atom. The second-order valence-electron chi connectivity index (χ2n) is 2.21. The minimum absolute atomic E-state index is 0.340. The third-order valence-corrected chi connectivity index (χ3v) is 1.09. The fourth-order valence-electron chi connectivity index (χ4n) is 0.524. The molecule has 3 heteroatoms. The lowest BCUT2D eigenvalue weighted by Crippen LogP contribution is -2.07. The van der Waals surface area contributed by atoms with E-state index >= 15 is 0 Å². The molecular formula is C9H14O3. The van der Waals surface area contributed by atoms with Crippen molar-refractivity contribution in [1.82, 2.24) is 0 Å². The number of aliphatic hydroxyl groups excluding tert-OH is 1. The second-order valence-corrected chi connectivity index (χ2v) is 2.21. The SMILES string of the molecule is CC=CC=C(O)C(=O)OCCC. The van der Waals surface area contributed by atoms with Crippen LogP contribution in [0.4, 0.5) is 0 Å². The number of carbonyl (C=O) groups excluding carboxylic acids is 1. The Bertz CT molecular complexity index is 192. The largest absolute Gasteiger partial charge is 0.502 e. The van der Waals surface area contributed by atoms with Gasteiger partial charge in [-0.1, -0.05) is 19.1 Å². The quantitative estimate of drug-likeness (QED) is 0.303. The molecule has 0 amide bonds. The molecule has 0 saturated carbocycles. The van der Waals surface area contributed by atoms with Crippen molar-refractivity contribution in [2.75, 3.05) is 6.61 Å². The predicted octanol–water partition coefficient (Wildman–Crippen LogP) is 1.96. The zero-order chi connectivity index (χ0) is 9.40. The summed E-state index contributed by atoms with van der Waals surface area (Å²) in [5.41, 5.74) is 0. The Labute approximate surface area is 72.3 Å². The lowest BCUT2D eigenvalue weighted by atomic mass is 10.4. The van der Waals surface area contributed by atoms with Gasteiger partial charge in [0, 0.05) is 0 Å². The smallest absolute Gasteiger partial charge is 0.373 e. The molecule has 0 aliphatic heterocycles. The maximum atomic E-state index is 10.8. The lowest BCUT2D eigenvalue weighted by Gasteiger charge is -1.99. The molecule has 0 rings (SSSR count). The fourth-order valence-corrected chi connectivity index (χ4v) is 0.524. The van der Waals surface area contributed by atoms with Crippen LogP contribution in [0.2, 0.25) is 0 Å². The van der Waals surface area contributed by atoms with E-state index in [4.69, 9.17) is 5.11 Å². The van der Waals surface area contributed by atoms with Crippen LogP contribution in [-0.2, 0) is 9.53 Å². The van der Waals surface area contributed by atoms with Crippen molar-refractivity contribution in [3.05, 3.63) is 24.0 Å². The highest BCUT2D eigenvalue weighted by atomic mass is 16.5. The van der Waals surface area contributed by atoms with E-state index in [0.29, 0.717) is 6.61 Å². The third kappa shape index (κ3) is 4.55.